The van der Waals surface area contributed by atoms with E-state index in [0.717, 1.165) is 17.3 Å². The third-order valence-electron chi connectivity index (χ3n) is 3.67. The molecule has 1 atom stereocenters. The van der Waals surface area contributed by atoms with E-state index in [0.29, 0.717) is 12.2 Å². The maximum Gasteiger partial charge on any atom is 0.243 e. The van der Waals surface area contributed by atoms with Gasteiger partial charge < -0.3 is 16.0 Å². The Labute approximate surface area is 153 Å². The van der Waals surface area contributed by atoms with Gasteiger partial charge in [-0.3, -0.25) is 9.59 Å². The molecule has 1 saturated heterocycles. The van der Waals surface area contributed by atoms with Crippen molar-refractivity contribution in [3.8, 4) is 0 Å². The van der Waals surface area contributed by atoms with Gasteiger partial charge in [0.05, 0.1) is 11.4 Å². The fourth-order valence-corrected chi connectivity index (χ4v) is 3.56. The standard InChI is InChI=1S/C15H22N4O4S.ClH/c1-11(20)17-12-3-5-14(6-4-12)24(22,23)19(2)10-15(21)18-13-7-8-16-9-13;/h3-6,13,16H,7-10H2,1-2H3,(H,17,20)(H,18,21);1H. The van der Waals surface area contributed by atoms with E-state index in [-0.39, 0.29) is 41.7 Å². The lowest BCUT2D eigenvalue weighted by Gasteiger charge is -2.18. The Bertz CT molecular complexity index is 703. The van der Waals surface area contributed by atoms with Crippen molar-refractivity contribution >= 4 is 39.9 Å². The molecule has 3 N–H and O–H groups in total. The van der Waals surface area contributed by atoms with Gasteiger partial charge in [-0.05, 0) is 37.2 Å². The molecule has 1 aromatic rings. The first-order chi connectivity index (χ1) is 11.3. The van der Waals surface area contributed by atoms with Gasteiger partial charge >= 0.3 is 0 Å². The molecule has 0 saturated carbocycles. The van der Waals surface area contributed by atoms with Crippen molar-refractivity contribution in [2.75, 3.05) is 32.0 Å². The van der Waals surface area contributed by atoms with Crippen LogP contribution in [0.5, 0.6) is 0 Å². The SMILES string of the molecule is CC(=O)Nc1ccc(S(=O)(=O)N(C)CC(=O)NC2CCNC2)cc1.Cl. The molecule has 1 heterocycles. The maximum absolute atomic E-state index is 12.5. The molecule has 10 heteroatoms. The molecule has 1 aromatic carbocycles. The summed E-state index contributed by atoms with van der Waals surface area (Å²) >= 11 is 0. The zero-order valence-corrected chi connectivity index (χ0v) is 15.7. The highest BCUT2D eigenvalue weighted by molar-refractivity contribution is 7.89. The molecule has 1 fully saturated rings. The van der Waals surface area contributed by atoms with Crippen molar-refractivity contribution in [1.29, 1.82) is 0 Å². The van der Waals surface area contributed by atoms with Crippen LogP contribution in [0.4, 0.5) is 5.69 Å². The molecule has 0 aromatic heterocycles. The van der Waals surface area contributed by atoms with Crippen LogP contribution in [0, 0.1) is 0 Å². The number of nitrogens with one attached hydrogen (secondary N) is 3. The molecule has 1 unspecified atom stereocenters. The summed E-state index contributed by atoms with van der Waals surface area (Å²) in [4.78, 5) is 23.0. The Kier molecular flexibility index (Phi) is 7.81. The van der Waals surface area contributed by atoms with Crippen molar-refractivity contribution in [2.45, 2.75) is 24.3 Å². The zero-order chi connectivity index (χ0) is 17.7. The second-order valence-corrected chi connectivity index (χ2v) is 7.77. The van der Waals surface area contributed by atoms with Crippen LogP contribution in [-0.4, -0.2) is 57.3 Å². The van der Waals surface area contributed by atoms with E-state index in [1.165, 1.54) is 38.2 Å². The van der Waals surface area contributed by atoms with E-state index in [1.807, 2.05) is 0 Å². The van der Waals surface area contributed by atoms with Crippen LogP contribution in [0.2, 0.25) is 0 Å². The molecule has 8 nitrogen and oxygen atoms in total. The molecular formula is C15H23ClN4O4S. The number of amides is 2. The van der Waals surface area contributed by atoms with Crippen molar-refractivity contribution in [2.24, 2.45) is 0 Å². The molecule has 0 spiro atoms. The van der Waals surface area contributed by atoms with Gasteiger partial charge in [-0.25, -0.2) is 8.42 Å². The predicted octanol–water partition coefficient (Wildman–Crippen LogP) is 0.165. The quantitative estimate of drug-likeness (QED) is 0.641. The van der Waals surface area contributed by atoms with E-state index in [4.69, 9.17) is 0 Å². The van der Waals surface area contributed by atoms with Crippen LogP contribution in [-0.2, 0) is 19.6 Å². The van der Waals surface area contributed by atoms with Crippen LogP contribution >= 0.6 is 12.4 Å². The molecule has 1 aliphatic heterocycles. The Morgan fingerprint density at radius 2 is 1.92 bits per heavy atom. The normalized spacial score (nSPS) is 17.0. The first-order valence-electron chi connectivity index (χ1n) is 7.63. The van der Waals surface area contributed by atoms with Crippen LogP contribution in [0.15, 0.2) is 29.2 Å². The smallest absolute Gasteiger partial charge is 0.243 e. The van der Waals surface area contributed by atoms with Gasteiger partial charge in [-0.1, -0.05) is 0 Å². The Balaban J connectivity index is 0.00000312. The van der Waals surface area contributed by atoms with E-state index < -0.39 is 10.0 Å². The van der Waals surface area contributed by atoms with Crippen molar-refractivity contribution < 1.29 is 18.0 Å². The lowest BCUT2D eigenvalue weighted by atomic mass is 10.2. The summed E-state index contributed by atoms with van der Waals surface area (Å²) in [5, 5.41) is 8.51. The summed E-state index contributed by atoms with van der Waals surface area (Å²) in [5.74, 6) is -0.564. The first kappa shape index (κ1) is 21.4. The molecule has 25 heavy (non-hydrogen) atoms. The number of carbonyl (C=O) groups is 2. The van der Waals surface area contributed by atoms with Crippen LogP contribution in [0.1, 0.15) is 13.3 Å². The van der Waals surface area contributed by atoms with Gasteiger partial charge in [0.2, 0.25) is 21.8 Å². The van der Waals surface area contributed by atoms with Gasteiger partial charge in [0.1, 0.15) is 0 Å². The number of hydrogen-bond acceptors (Lipinski definition) is 5. The monoisotopic (exact) mass is 390 g/mol. The second-order valence-electron chi connectivity index (χ2n) is 5.72. The van der Waals surface area contributed by atoms with Crippen LogP contribution in [0.3, 0.4) is 0 Å². The molecule has 1 aliphatic rings. The highest BCUT2D eigenvalue weighted by Gasteiger charge is 2.24. The first-order valence-corrected chi connectivity index (χ1v) is 9.07. The third kappa shape index (κ3) is 5.96. The van der Waals surface area contributed by atoms with E-state index in [1.54, 1.807) is 0 Å². The van der Waals surface area contributed by atoms with Gasteiger partial charge in [0.25, 0.3) is 0 Å². The number of carbonyl (C=O) groups excluding carboxylic acids is 2. The maximum atomic E-state index is 12.5. The minimum absolute atomic E-state index is 0. The summed E-state index contributed by atoms with van der Waals surface area (Å²) in [6.45, 7) is 2.68. The fraction of sp³-hybridized carbons (Fsp3) is 0.467. The minimum atomic E-state index is -3.77. The molecular weight excluding hydrogens is 368 g/mol. The minimum Gasteiger partial charge on any atom is -0.351 e. The highest BCUT2D eigenvalue weighted by atomic mass is 35.5. The van der Waals surface area contributed by atoms with Crippen molar-refractivity contribution in [3.05, 3.63) is 24.3 Å². The third-order valence-corrected chi connectivity index (χ3v) is 5.49. The number of benzene rings is 1. The molecule has 0 radical (unpaired) electrons. The number of anilines is 1. The Morgan fingerprint density at radius 1 is 1.28 bits per heavy atom. The molecule has 2 amide bonds. The van der Waals surface area contributed by atoms with E-state index >= 15 is 0 Å². The lowest BCUT2D eigenvalue weighted by Crippen LogP contribution is -2.43. The summed E-state index contributed by atoms with van der Waals surface area (Å²) in [6.07, 6.45) is 0.840. The van der Waals surface area contributed by atoms with Crippen molar-refractivity contribution in [3.63, 3.8) is 0 Å². The summed E-state index contributed by atoms with van der Waals surface area (Å²) in [6, 6.07) is 5.86. The topological polar surface area (TPSA) is 108 Å². The number of rotatable bonds is 6. The summed E-state index contributed by atoms with van der Waals surface area (Å²) in [7, 11) is -2.40. The van der Waals surface area contributed by atoms with Gasteiger partial charge in [-0.15, -0.1) is 12.4 Å². The van der Waals surface area contributed by atoms with Gasteiger partial charge in [0.15, 0.2) is 0 Å². The number of sulfonamides is 1. The summed E-state index contributed by atoms with van der Waals surface area (Å²) in [5.41, 5.74) is 0.510. The number of likely N-dealkylation sites (N-methyl/N-ethyl adjacent to an activating group) is 1. The van der Waals surface area contributed by atoms with Gasteiger partial charge in [0, 0.05) is 32.2 Å². The average Bonchev–Trinajstić information content (AvgIpc) is 2.99. The number of nitrogens with zero attached hydrogens (tertiary/aromatic N) is 1. The molecule has 140 valence electrons. The Hall–Kier alpha value is -1.68. The molecule has 2 rings (SSSR count). The van der Waals surface area contributed by atoms with Crippen LogP contribution in [0.25, 0.3) is 0 Å². The number of hydrogen-bond donors (Lipinski definition) is 3. The largest absolute Gasteiger partial charge is 0.351 e. The Morgan fingerprint density at radius 3 is 2.44 bits per heavy atom. The highest BCUT2D eigenvalue weighted by Crippen LogP contribution is 2.17. The second kappa shape index (κ2) is 9.14. The zero-order valence-electron chi connectivity index (χ0n) is 14.1. The molecule has 0 bridgehead atoms. The predicted molar refractivity (Wildman–Crippen MR) is 97.2 cm³/mol. The van der Waals surface area contributed by atoms with Gasteiger partial charge in [-0.2, -0.15) is 4.31 Å². The number of halogens is 1. The van der Waals surface area contributed by atoms with Crippen molar-refractivity contribution in [1.82, 2.24) is 14.9 Å². The van der Waals surface area contributed by atoms with Crippen LogP contribution < -0.4 is 16.0 Å². The lowest BCUT2D eigenvalue weighted by molar-refractivity contribution is -0.121. The average molecular weight is 391 g/mol. The van der Waals surface area contributed by atoms with E-state index in [2.05, 4.69) is 16.0 Å². The summed E-state index contributed by atoms with van der Waals surface area (Å²) < 4.78 is 26.0. The van der Waals surface area contributed by atoms with E-state index in [9.17, 15) is 18.0 Å². The molecule has 0 aliphatic carbocycles. The fourth-order valence-electron chi connectivity index (χ4n) is 2.43.